The van der Waals surface area contributed by atoms with Gasteiger partial charge in [0, 0.05) is 36.5 Å². The predicted octanol–water partition coefficient (Wildman–Crippen LogP) is 2.07. The Morgan fingerprint density at radius 2 is 1.89 bits per heavy atom. The number of aromatic nitrogens is 2. The van der Waals surface area contributed by atoms with Crippen LogP contribution in [0, 0.1) is 5.92 Å². The molecule has 3 N–H and O–H groups in total. The average Bonchev–Trinajstić information content (AvgIpc) is 3.43. The number of carbonyl (C=O) groups excluding carboxylic acids is 3. The molecule has 0 spiro atoms. The van der Waals surface area contributed by atoms with Gasteiger partial charge in [0.2, 0.25) is 11.8 Å². The summed E-state index contributed by atoms with van der Waals surface area (Å²) in [5.41, 5.74) is 1.85. The Balaban J connectivity index is 1.33. The van der Waals surface area contributed by atoms with Crippen molar-refractivity contribution in [2.24, 2.45) is 5.92 Å². The van der Waals surface area contributed by atoms with E-state index in [9.17, 15) is 14.4 Å². The van der Waals surface area contributed by atoms with Gasteiger partial charge in [-0.2, -0.15) is 5.10 Å². The first-order valence-electron chi connectivity index (χ1n) is 9.61. The van der Waals surface area contributed by atoms with Gasteiger partial charge in [-0.3, -0.25) is 19.5 Å². The van der Waals surface area contributed by atoms with Crippen molar-refractivity contribution in [1.29, 1.82) is 0 Å². The largest absolute Gasteiger partial charge is 0.349 e. The van der Waals surface area contributed by atoms with E-state index in [0.717, 1.165) is 25.7 Å². The van der Waals surface area contributed by atoms with Crippen molar-refractivity contribution in [3.63, 3.8) is 0 Å². The van der Waals surface area contributed by atoms with Crippen molar-refractivity contribution in [2.75, 3.05) is 16.8 Å². The molecule has 1 aromatic carbocycles. The zero-order chi connectivity index (χ0) is 19.5. The fourth-order valence-corrected chi connectivity index (χ4v) is 3.81. The highest BCUT2D eigenvalue weighted by Crippen LogP contribution is 2.25. The van der Waals surface area contributed by atoms with Crippen molar-refractivity contribution in [3.05, 3.63) is 42.2 Å². The minimum atomic E-state index is -0.423. The van der Waals surface area contributed by atoms with Crippen LogP contribution in [0.4, 0.5) is 11.4 Å². The Kier molecular flexibility index (Phi) is 5.10. The van der Waals surface area contributed by atoms with E-state index in [-0.39, 0.29) is 30.2 Å². The third-order valence-corrected chi connectivity index (χ3v) is 5.40. The Morgan fingerprint density at radius 3 is 2.57 bits per heavy atom. The van der Waals surface area contributed by atoms with Crippen LogP contribution in [0.3, 0.4) is 0 Å². The molecule has 146 valence electrons. The summed E-state index contributed by atoms with van der Waals surface area (Å²) in [6.07, 6.45) is 7.76. The lowest BCUT2D eigenvalue weighted by Crippen LogP contribution is -2.32. The normalized spacial score (nSPS) is 19.8. The van der Waals surface area contributed by atoms with Crippen LogP contribution in [0.5, 0.6) is 0 Å². The van der Waals surface area contributed by atoms with E-state index in [1.165, 1.54) is 0 Å². The van der Waals surface area contributed by atoms with E-state index in [1.54, 1.807) is 41.6 Å². The molecule has 2 fully saturated rings. The van der Waals surface area contributed by atoms with Crippen molar-refractivity contribution < 1.29 is 14.4 Å². The Labute approximate surface area is 162 Å². The molecule has 0 bridgehead atoms. The summed E-state index contributed by atoms with van der Waals surface area (Å²) in [7, 11) is 0. The topological polar surface area (TPSA) is 107 Å². The lowest BCUT2D eigenvalue weighted by atomic mass is 10.1. The number of nitrogens with zero attached hydrogens (tertiary/aromatic N) is 2. The molecule has 28 heavy (non-hydrogen) atoms. The van der Waals surface area contributed by atoms with Crippen molar-refractivity contribution in [3.8, 4) is 0 Å². The average molecular weight is 381 g/mol. The number of rotatable bonds is 5. The van der Waals surface area contributed by atoms with Crippen LogP contribution in [0.25, 0.3) is 0 Å². The Hall–Kier alpha value is -3.16. The quantitative estimate of drug-likeness (QED) is 0.737. The molecular formula is C20H23N5O3. The molecule has 0 unspecified atom stereocenters. The summed E-state index contributed by atoms with van der Waals surface area (Å²) < 4.78 is 0. The number of amides is 3. The van der Waals surface area contributed by atoms with Gasteiger partial charge in [-0.25, -0.2) is 0 Å². The number of benzene rings is 1. The van der Waals surface area contributed by atoms with Gasteiger partial charge in [-0.1, -0.05) is 12.8 Å². The Morgan fingerprint density at radius 1 is 1.14 bits per heavy atom. The molecule has 1 aliphatic carbocycles. The molecule has 1 aromatic heterocycles. The number of nitrogens with one attached hydrogen (secondary N) is 3. The highest BCUT2D eigenvalue weighted by Gasteiger charge is 2.35. The maximum absolute atomic E-state index is 12.5. The molecule has 0 radical (unpaired) electrons. The number of H-pyrrole nitrogens is 1. The molecule has 1 saturated carbocycles. The first-order chi connectivity index (χ1) is 13.6. The molecule has 1 atom stereocenters. The first kappa shape index (κ1) is 18.2. The molecule has 1 saturated heterocycles. The molecular weight excluding hydrogens is 358 g/mol. The standard InChI is InChI=1S/C20H23N5O3/c26-18-9-14(12-25(18)17-10-21-22-11-17)20(28)24-16-7-5-13(6-8-16)19(27)23-15-3-1-2-4-15/h5-8,10-11,14-15H,1-4,9,12H2,(H,21,22)(H,23,27)(H,24,28)/t14-/m0/s1. The zero-order valence-corrected chi connectivity index (χ0v) is 15.5. The van der Waals surface area contributed by atoms with Gasteiger partial charge in [0.25, 0.3) is 5.91 Å². The number of hydrogen-bond acceptors (Lipinski definition) is 4. The van der Waals surface area contributed by atoms with E-state index in [2.05, 4.69) is 20.8 Å². The van der Waals surface area contributed by atoms with E-state index in [0.29, 0.717) is 23.5 Å². The second kappa shape index (κ2) is 7.84. The molecule has 2 aliphatic rings. The van der Waals surface area contributed by atoms with Crippen molar-refractivity contribution >= 4 is 29.1 Å². The number of carbonyl (C=O) groups is 3. The third kappa shape index (κ3) is 3.90. The van der Waals surface area contributed by atoms with Crippen LogP contribution in [-0.4, -0.2) is 40.5 Å². The van der Waals surface area contributed by atoms with Gasteiger partial charge < -0.3 is 15.5 Å². The van der Waals surface area contributed by atoms with Crippen LogP contribution in [-0.2, 0) is 9.59 Å². The van der Waals surface area contributed by atoms with Crippen LogP contribution >= 0.6 is 0 Å². The lowest BCUT2D eigenvalue weighted by molar-refractivity contribution is -0.122. The zero-order valence-electron chi connectivity index (χ0n) is 15.5. The second-order valence-electron chi connectivity index (χ2n) is 7.38. The summed E-state index contributed by atoms with van der Waals surface area (Å²) in [6.45, 7) is 0.325. The molecule has 3 amide bonds. The maximum atomic E-state index is 12.5. The highest BCUT2D eigenvalue weighted by atomic mass is 16.2. The summed E-state index contributed by atoms with van der Waals surface area (Å²) >= 11 is 0. The molecule has 8 heteroatoms. The fourth-order valence-electron chi connectivity index (χ4n) is 3.81. The molecule has 2 heterocycles. The number of anilines is 2. The van der Waals surface area contributed by atoms with Gasteiger partial charge in [-0.05, 0) is 37.1 Å². The van der Waals surface area contributed by atoms with Crippen LogP contribution in [0.15, 0.2) is 36.7 Å². The van der Waals surface area contributed by atoms with E-state index < -0.39 is 5.92 Å². The third-order valence-electron chi connectivity index (χ3n) is 5.40. The summed E-state index contributed by atoms with van der Waals surface area (Å²) in [6, 6.07) is 7.11. The molecule has 1 aliphatic heterocycles. The SMILES string of the molecule is O=C(NC1CCCC1)c1ccc(NC(=O)[C@H]2CC(=O)N(c3cn[nH]c3)C2)cc1. The molecule has 8 nitrogen and oxygen atoms in total. The highest BCUT2D eigenvalue weighted by molar-refractivity contribution is 6.03. The minimum Gasteiger partial charge on any atom is -0.349 e. The predicted molar refractivity (Wildman–Crippen MR) is 104 cm³/mol. The van der Waals surface area contributed by atoms with Crippen LogP contribution < -0.4 is 15.5 Å². The van der Waals surface area contributed by atoms with Gasteiger partial charge >= 0.3 is 0 Å². The minimum absolute atomic E-state index is 0.0816. The molecule has 4 rings (SSSR count). The number of aromatic amines is 1. The van der Waals surface area contributed by atoms with E-state index in [1.807, 2.05) is 0 Å². The van der Waals surface area contributed by atoms with Crippen molar-refractivity contribution in [1.82, 2.24) is 15.5 Å². The Bertz CT molecular complexity index is 856. The summed E-state index contributed by atoms with van der Waals surface area (Å²) in [5.74, 6) is -0.808. The smallest absolute Gasteiger partial charge is 0.251 e. The van der Waals surface area contributed by atoms with Gasteiger partial charge in [0.15, 0.2) is 0 Å². The monoisotopic (exact) mass is 381 g/mol. The van der Waals surface area contributed by atoms with Crippen LogP contribution in [0.2, 0.25) is 0 Å². The first-order valence-corrected chi connectivity index (χ1v) is 9.61. The summed E-state index contributed by atoms with van der Waals surface area (Å²) in [5, 5.41) is 12.4. The van der Waals surface area contributed by atoms with E-state index in [4.69, 9.17) is 0 Å². The van der Waals surface area contributed by atoms with Crippen LogP contribution in [0.1, 0.15) is 42.5 Å². The van der Waals surface area contributed by atoms with Crippen molar-refractivity contribution in [2.45, 2.75) is 38.1 Å². The number of hydrogen-bond donors (Lipinski definition) is 3. The van der Waals surface area contributed by atoms with Gasteiger partial charge in [0.05, 0.1) is 17.8 Å². The second-order valence-corrected chi connectivity index (χ2v) is 7.38. The lowest BCUT2D eigenvalue weighted by Gasteiger charge is -2.14. The van der Waals surface area contributed by atoms with Gasteiger partial charge in [0.1, 0.15) is 0 Å². The van der Waals surface area contributed by atoms with E-state index >= 15 is 0 Å². The summed E-state index contributed by atoms with van der Waals surface area (Å²) in [4.78, 5) is 38.5. The fraction of sp³-hybridized carbons (Fsp3) is 0.400. The maximum Gasteiger partial charge on any atom is 0.251 e. The van der Waals surface area contributed by atoms with Gasteiger partial charge in [-0.15, -0.1) is 0 Å². The molecule has 2 aromatic rings.